The molecule has 0 aliphatic rings. The van der Waals surface area contributed by atoms with Gasteiger partial charge in [-0.15, -0.1) is 0 Å². The second kappa shape index (κ2) is 7.19. The molecule has 2 radical (unpaired) electrons. The van der Waals surface area contributed by atoms with Crippen molar-refractivity contribution >= 4 is 19.2 Å². The van der Waals surface area contributed by atoms with Crippen LogP contribution < -0.4 is 10.8 Å². The van der Waals surface area contributed by atoms with E-state index < -0.39 is 0 Å². The summed E-state index contributed by atoms with van der Waals surface area (Å²) >= 11 is 0. The largest absolute Gasteiger partial charge is 0.352 e. The molecule has 74 valence electrons. The van der Waals surface area contributed by atoms with E-state index in [1.54, 1.807) is 24.3 Å². The van der Waals surface area contributed by atoms with Crippen molar-refractivity contribution in [2.45, 2.75) is 20.8 Å². The first-order valence-corrected chi connectivity index (χ1v) is 4.87. The first-order chi connectivity index (χ1) is 6.74. The molecule has 0 fully saturated rings. The second-order valence-electron chi connectivity index (χ2n) is 2.48. The molecule has 1 aromatic rings. The lowest BCUT2D eigenvalue weighted by molar-refractivity contribution is 0.0956. The first kappa shape index (κ1) is 12.8. The number of nitrogens with one attached hydrogen (secondary N) is 1. The van der Waals surface area contributed by atoms with Gasteiger partial charge in [0.2, 0.25) is 0 Å². The highest BCUT2D eigenvalue weighted by Crippen LogP contribution is 1.95. The van der Waals surface area contributed by atoms with E-state index in [9.17, 15) is 4.79 Å². The highest BCUT2D eigenvalue weighted by Gasteiger charge is 2.01. The van der Waals surface area contributed by atoms with Crippen LogP contribution in [0.25, 0.3) is 0 Å². The van der Waals surface area contributed by atoms with E-state index in [1.807, 2.05) is 20.8 Å². The maximum absolute atomic E-state index is 11.2. The number of benzene rings is 1. The summed E-state index contributed by atoms with van der Waals surface area (Å²) in [6.45, 7) is 6.53. The van der Waals surface area contributed by atoms with E-state index in [1.165, 1.54) is 0 Å². The minimum absolute atomic E-state index is 0.0579. The smallest absolute Gasteiger partial charge is 0.251 e. The fourth-order valence-electron chi connectivity index (χ4n) is 0.897. The molecule has 3 heteroatoms. The predicted octanol–water partition coefficient (Wildman–Crippen LogP) is 1.26. The molecule has 0 aromatic heterocycles. The van der Waals surface area contributed by atoms with Gasteiger partial charge in [-0.1, -0.05) is 43.6 Å². The van der Waals surface area contributed by atoms with E-state index >= 15 is 0 Å². The molecule has 1 amide bonds. The fraction of sp³-hybridized carbons (Fsp3) is 0.364. The summed E-state index contributed by atoms with van der Waals surface area (Å²) in [4.78, 5) is 11.2. The van der Waals surface area contributed by atoms with Gasteiger partial charge in [0.05, 0.1) is 0 Å². The van der Waals surface area contributed by atoms with E-state index in [-0.39, 0.29) is 5.91 Å². The minimum Gasteiger partial charge on any atom is -0.352 e. The number of carbonyl (C=O) groups is 1. The predicted molar refractivity (Wildman–Crippen MR) is 61.2 cm³/mol. The standard InChI is InChI=1S/C9H10BNO.C2H6/c1-2-11-9(12)7-3-5-8(10)6-4-7;1-2/h3-6H,2H2,1H3,(H,11,12);1-2H3. The highest BCUT2D eigenvalue weighted by atomic mass is 16.1. The molecular formula is C11H16BNO. The fourth-order valence-corrected chi connectivity index (χ4v) is 0.897. The monoisotopic (exact) mass is 189 g/mol. The van der Waals surface area contributed by atoms with Crippen LogP contribution in [0.15, 0.2) is 24.3 Å². The van der Waals surface area contributed by atoms with Gasteiger partial charge >= 0.3 is 0 Å². The maximum Gasteiger partial charge on any atom is 0.251 e. The van der Waals surface area contributed by atoms with Crippen molar-refractivity contribution in [3.8, 4) is 0 Å². The van der Waals surface area contributed by atoms with Crippen molar-refractivity contribution in [2.24, 2.45) is 0 Å². The van der Waals surface area contributed by atoms with E-state index in [4.69, 9.17) is 7.85 Å². The van der Waals surface area contributed by atoms with E-state index in [2.05, 4.69) is 5.32 Å². The zero-order valence-corrected chi connectivity index (χ0v) is 9.00. The van der Waals surface area contributed by atoms with Crippen LogP contribution in [0.5, 0.6) is 0 Å². The summed E-state index contributed by atoms with van der Waals surface area (Å²) in [6.07, 6.45) is 0. The van der Waals surface area contributed by atoms with Crippen LogP contribution in [0.4, 0.5) is 0 Å². The van der Waals surface area contributed by atoms with Gasteiger partial charge in [0.15, 0.2) is 0 Å². The van der Waals surface area contributed by atoms with Crippen molar-refractivity contribution in [3.63, 3.8) is 0 Å². The number of carbonyl (C=O) groups excluding carboxylic acids is 1. The zero-order chi connectivity index (χ0) is 11.0. The second-order valence-corrected chi connectivity index (χ2v) is 2.48. The lowest BCUT2D eigenvalue weighted by atomic mass is 9.95. The molecule has 2 nitrogen and oxygen atoms in total. The number of amides is 1. The van der Waals surface area contributed by atoms with Crippen LogP contribution in [0.1, 0.15) is 31.1 Å². The molecule has 0 aliphatic heterocycles. The third kappa shape index (κ3) is 4.12. The molecule has 1 aromatic carbocycles. The Labute approximate surface area is 87.1 Å². The Morgan fingerprint density at radius 3 is 2.21 bits per heavy atom. The van der Waals surface area contributed by atoms with Crippen molar-refractivity contribution in [2.75, 3.05) is 6.54 Å². The van der Waals surface area contributed by atoms with Gasteiger partial charge in [-0.25, -0.2) is 0 Å². The molecule has 1 rings (SSSR count). The van der Waals surface area contributed by atoms with Gasteiger partial charge in [0.1, 0.15) is 7.85 Å². The van der Waals surface area contributed by atoms with Crippen molar-refractivity contribution in [1.29, 1.82) is 0 Å². The third-order valence-electron chi connectivity index (χ3n) is 1.51. The van der Waals surface area contributed by atoms with Gasteiger partial charge in [-0.2, -0.15) is 0 Å². The summed E-state index contributed by atoms with van der Waals surface area (Å²) in [5, 5.41) is 2.70. The van der Waals surface area contributed by atoms with Crippen LogP contribution in [0.2, 0.25) is 0 Å². The Hall–Kier alpha value is -1.25. The van der Waals surface area contributed by atoms with Gasteiger partial charge in [-0.05, 0) is 6.92 Å². The molecule has 0 bridgehead atoms. The molecule has 0 saturated carbocycles. The first-order valence-electron chi connectivity index (χ1n) is 4.87. The Morgan fingerprint density at radius 1 is 1.29 bits per heavy atom. The van der Waals surface area contributed by atoms with Crippen LogP contribution >= 0.6 is 0 Å². The number of hydrogen-bond donors (Lipinski definition) is 1. The maximum atomic E-state index is 11.2. The Morgan fingerprint density at radius 2 is 1.79 bits per heavy atom. The SMILES string of the molecule is CC.[B]c1ccc(C(=O)NCC)cc1. The normalized spacial score (nSPS) is 8.50. The van der Waals surface area contributed by atoms with Gasteiger partial charge in [-0.3, -0.25) is 4.79 Å². The summed E-state index contributed by atoms with van der Waals surface area (Å²) in [6, 6.07) is 6.84. The Balaban J connectivity index is 0.000000791. The third-order valence-corrected chi connectivity index (χ3v) is 1.51. The van der Waals surface area contributed by atoms with Gasteiger partial charge in [0.25, 0.3) is 5.91 Å². The zero-order valence-electron chi connectivity index (χ0n) is 9.00. The summed E-state index contributed by atoms with van der Waals surface area (Å²) in [5.41, 5.74) is 1.31. The lowest BCUT2D eigenvalue weighted by Crippen LogP contribution is -2.22. The van der Waals surface area contributed by atoms with Gasteiger partial charge < -0.3 is 5.32 Å². The number of hydrogen-bond acceptors (Lipinski definition) is 1. The molecule has 1 N–H and O–H groups in total. The highest BCUT2D eigenvalue weighted by molar-refractivity contribution is 6.32. The molecule has 0 spiro atoms. The molecule has 0 unspecified atom stereocenters. The summed E-state index contributed by atoms with van der Waals surface area (Å²) < 4.78 is 0. The topological polar surface area (TPSA) is 29.1 Å². The summed E-state index contributed by atoms with van der Waals surface area (Å²) in [5.74, 6) is -0.0579. The quantitative estimate of drug-likeness (QED) is 0.697. The van der Waals surface area contributed by atoms with Crippen LogP contribution in [-0.4, -0.2) is 20.3 Å². The molecule has 0 saturated heterocycles. The average Bonchev–Trinajstić information content (AvgIpc) is 2.22. The van der Waals surface area contributed by atoms with Crippen molar-refractivity contribution in [1.82, 2.24) is 5.32 Å². The Kier molecular flexibility index (Phi) is 6.55. The summed E-state index contributed by atoms with van der Waals surface area (Å²) in [7, 11) is 5.47. The molecule has 14 heavy (non-hydrogen) atoms. The Bertz CT molecular complexity index is 269. The minimum atomic E-state index is -0.0579. The van der Waals surface area contributed by atoms with E-state index in [0.29, 0.717) is 17.6 Å². The van der Waals surface area contributed by atoms with Crippen molar-refractivity contribution < 1.29 is 4.79 Å². The average molecular weight is 189 g/mol. The molecular weight excluding hydrogens is 173 g/mol. The molecule has 0 heterocycles. The van der Waals surface area contributed by atoms with Crippen molar-refractivity contribution in [3.05, 3.63) is 29.8 Å². The molecule has 0 atom stereocenters. The van der Waals surface area contributed by atoms with Gasteiger partial charge in [0, 0.05) is 12.1 Å². The van der Waals surface area contributed by atoms with Crippen LogP contribution in [0, 0.1) is 0 Å². The van der Waals surface area contributed by atoms with E-state index in [0.717, 1.165) is 0 Å². The van der Waals surface area contributed by atoms with Crippen LogP contribution in [0.3, 0.4) is 0 Å². The van der Waals surface area contributed by atoms with Crippen LogP contribution in [-0.2, 0) is 0 Å². The lowest BCUT2D eigenvalue weighted by Gasteiger charge is -2.01. The number of rotatable bonds is 2. The molecule has 0 aliphatic carbocycles.